The van der Waals surface area contributed by atoms with Gasteiger partial charge in [-0.3, -0.25) is 4.79 Å². The lowest BCUT2D eigenvalue weighted by molar-refractivity contribution is -0.260. The Balaban J connectivity index is 1.31. The van der Waals surface area contributed by atoms with Crippen LogP contribution in [0.5, 0.6) is 5.75 Å². The van der Waals surface area contributed by atoms with E-state index in [9.17, 15) is 15.0 Å². The summed E-state index contributed by atoms with van der Waals surface area (Å²) in [5, 5.41) is 21.5. The highest BCUT2D eigenvalue weighted by Gasteiger charge is 2.63. The van der Waals surface area contributed by atoms with Crippen LogP contribution in [0.3, 0.4) is 0 Å². The number of esters is 1. The summed E-state index contributed by atoms with van der Waals surface area (Å²) in [6, 6.07) is 5.83. The van der Waals surface area contributed by atoms with Crippen molar-refractivity contribution < 1.29 is 19.7 Å². The van der Waals surface area contributed by atoms with Gasteiger partial charge < -0.3 is 14.9 Å². The fourth-order valence-electron chi connectivity index (χ4n) is 7.22. The number of hydrogen-bond acceptors (Lipinski definition) is 4. The lowest BCUT2D eigenvalue weighted by atomic mass is 9.55. The zero-order chi connectivity index (χ0) is 23.5. The van der Waals surface area contributed by atoms with Crippen molar-refractivity contribution in [2.45, 2.75) is 109 Å². The van der Waals surface area contributed by atoms with E-state index in [1.165, 1.54) is 30.4 Å². The number of aliphatic hydroxyl groups is 1. The van der Waals surface area contributed by atoms with E-state index in [4.69, 9.17) is 4.74 Å². The number of aryl methyl sites for hydroxylation is 1. The van der Waals surface area contributed by atoms with Gasteiger partial charge in [0.05, 0.1) is 0 Å². The summed E-state index contributed by atoms with van der Waals surface area (Å²) in [5.74, 6) is 0.137. The number of hydrogen-bond donors (Lipinski definition) is 2. The van der Waals surface area contributed by atoms with E-state index in [1.54, 1.807) is 0 Å². The number of rotatable bonds is 10. The van der Waals surface area contributed by atoms with Gasteiger partial charge in [0.2, 0.25) is 5.79 Å². The minimum atomic E-state index is -1.33. The van der Waals surface area contributed by atoms with Gasteiger partial charge in [0.1, 0.15) is 5.75 Å². The van der Waals surface area contributed by atoms with Crippen LogP contribution in [0, 0.1) is 17.3 Å². The summed E-state index contributed by atoms with van der Waals surface area (Å²) in [6.07, 6.45) is 15.5. The molecule has 4 heteroatoms. The topological polar surface area (TPSA) is 66.8 Å². The Morgan fingerprint density at radius 1 is 1.12 bits per heavy atom. The smallest absolute Gasteiger partial charge is 0.308 e. The fourth-order valence-corrected chi connectivity index (χ4v) is 7.22. The molecule has 3 aliphatic rings. The lowest BCUT2D eigenvalue weighted by Crippen LogP contribution is -2.53. The number of aromatic hydroxyl groups is 1. The molecule has 0 unspecified atom stereocenters. The van der Waals surface area contributed by atoms with Gasteiger partial charge in [-0.1, -0.05) is 44.7 Å². The number of phenolic OH excluding ortho intramolecular Hbond substituents is 1. The summed E-state index contributed by atoms with van der Waals surface area (Å²) in [6.45, 7) is 5.91. The molecule has 1 aromatic carbocycles. The van der Waals surface area contributed by atoms with Crippen LogP contribution in [0.15, 0.2) is 30.9 Å². The van der Waals surface area contributed by atoms with Crippen molar-refractivity contribution in [1.29, 1.82) is 0 Å². The molecule has 2 fully saturated rings. The van der Waals surface area contributed by atoms with Gasteiger partial charge in [-0.2, -0.15) is 0 Å². The summed E-state index contributed by atoms with van der Waals surface area (Å²) in [7, 11) is 0. The number of ether oxygens (including phenoxy) is 1. The van der Waals surface area contributed by atoms with E-state index in [-0.39, 0.29) is 11.4 Å². The van der Waals surface area contributed by atoms with Crippen LogP contribution in [-0.2, 0) is 16.0 Å². The molecule has 3 aliphatic carbocycles. The molecule has 182 valence electrons. The molecule has 0 aliphatic heterocycles. The Morgan fingerprint density at radius 2 is 1.88 bits per heavy atom. The monoisotopic (exact) mass is 454 g/mol. The van der Waals surface area contributed by atoms with Gasteiger partial charge in [-0.15, -0.1) is 6.58 Å². The predicted octanol–water partition coefficient (Wildman–Crippen LogP) is 6.79. The molecular formula is C29H42O4. The van der Waals surface area contributed by atoms with E-state index >= 15 is 0 Å². The number of allylic oxidation sites excluding steroid dienone is 1. The van der Waals surface area contributed by atoms with Crippen LogP contribution in [0.1, 0.15) is 107 Å². The standard InChI is InChI=1S/C29H42O4/c1-3-4-5-6-7-8-9-10-11-27(31)33-29(32)19-17-26-25-14-12-21-20-22(30)13-15-23(21)24(25)16-18-28(26,29)2/h3,13,15,20,24-26,30,32H,1,4-12,14,16-19H2,2H3/t24-,25-,26+,28+,29-/m1/s1. The molecule has 1 aromatic rings. The summed E-state index contributed by atoms with van der Waals surface area (Å²) < 4.78 is 5.87. The minimum absolute atomic E-state index is 0.238. The second-order valence-corrected chi connectivity index (χ2v) is 11.0. The number of carbonyl (C=O) groups is 1. The third-order valence-electron chi connectivity index (χ3n) is 9.11. The maximum absolute atomic E-state index is 12.7. The van der Waals surface area contributed by atoms with E-state index in [0.29, 0.717) is 36.3 Å². The third-order valence-corrected chi connectivity index (χ3v) is 9.11. The second kappa shape index (κ2) is 10.2. The molecule has 4 rings (SSSR count). The Bertz CT molecular complexity index is 848. The molecule has 0 aromatic heterocycles. The van der Waals surface area contributed by atoms with Crippen LogP contribution in [0.4, 0.5) is 0 Å². The van der Waals surface area contributed by atoms with E-state index < -0.39 is 5.79 Å². The highest BCUT2D eigenvalue weighted by molar-refractivity contribution is 5.69. The second-order valence-electron chi connectivity index (χ2n) is 11.0. The lowest BCUT2D eigenvalue weighted by Gasteiger charge is -2.52. The Labute approximate surface area is 199 Å². The normalized spacial score (nSPS) is 32.5. The Kier molecular flexibility index (Phi) is 7.53. The van der Waals surface area contributed by atoms with Crippen molar-refractivity contribution in [2.24, 2.45) is 17.3 Å². The van der Waals surface area contributed by atoms with E-state index in [1.807, 2.05) is 18.2 Å². The van der Waals surface area contributed by atoms with Gasteiger partial charge in [-0.05, 0) is 92.4 Å². The van der Waals surface area contributed by atoms with Crippen molar-refractivity contribution >= 4 is 5.97 Å². The van der Waals surface area contributed by atoms with Crippen LogP contribution in [0.2, 0.25) is 0 Å². The molecule has 5 atom stereocenters. The minimum Gasteiger partial charge on any atom is -0.508 e. The largest absolute Gasteiger partial charge is 0.508 e. The first-order valence-corrected chi connectivity index (χ1v) is 13.2. The molecule has 2 saturated carbocycles. The third kappa shape index (κ3) is 4.87. The Hall–Kier alpha value is -1.81. The average molecular weight is 455 g/mol. The predicted molar refractivity (Wildman–Crippen MR) is 131 cm³/mol. The maximum Gasteiger partial charge on any atom is 0.308 e. The van der Waals surface area contributed by atoms with Gasteiger partial charge in [0, 0.05) is 18.3 Å². The summed E-state index contributed by atoms with van der Waals surface area (Å²) in [4.78, 5) is 12.7. The van der Waals surface area contributed by atoms with Gasteiger partial charge in [-0.25, -0.2) is 0 Å². The number of fused-ring (bicyclic) bond motifs is 5. The van der Waals surface area contributed by atoms with Crippen LogP contribution in [-0.4, -0.2) is 22.0 Å². The summed E-state index contributed by atoms with van der Waals surface area (Å²) >= 11 is 0. The zero-order valence-corrected chi connectivity index (χ0v) is 20.4. The van der Waals surface area contributed by atoms with Crippen molar-refractivity contribution in [3.63, 3.8) is 0 Å². The number of benzene rings is 1. The molecule has 2 N–H and O–H groups in total. The van der Waals surface area contributed by atoms with Crippen molar-refractivity contribution in [2.75, 3.05) is 0 Å². The average Bonchev–Trinajstić information content (AvgIpc) is 3.05. The SMILES string of the molecule is C=CCCCCCCCCC(=O)O[C@]1(O)CC[C@H]2[C@@H]3CCc4cc(O)ccc4[C@H]3CC[C@@]21C. The van der Waals surface area contributed by atoms with Gasteiger partial charge >= 0.3 is 5.97 Å². The molecule has 0 amide bonds. The number of phenols is 1. The van der Waals surface area contributed by atoms with E-state index in [0.717, 1.165) is 57.8 Å². The van der Waals surface area contributed by atoms with Crippen LogP contribution >= 0.6 is 0 Å². The highest BCUT2D eigenvalue weighted by atomic mass is 16.7. The number of carbonyl (C=O) groups excluding carboxylic acids is 1. The highest BCUT2D eigenvalue weighted by Crippen LogP contribution is 2.64. The molecule has 4 nitrogen and oxygen atoms in total. The summed E-state index contributed by atoms with van der Waals surface area (Å²) in [5.41, 5.74) is 2.28. The fraction of sp³-hybridized carbons (Fsp3) is 0.690. The van der Waals surface area contributed by atoms with Crippen molar-refractivity contribution in [3.8, 4) is 5.75 Å². The van der Waals surface area contributed by atoms with Crippen molar-refractivity contribution in [3.05, 3.63) is 42.0 Å². The molecule has 0 bridgehead atoms. The first kappa shape index (κ1) is 24.3. The number of unbranched alkanes of at least 4 members (excludes halogenated alkanes) is 6. The maximum atomic E-state index is 12.7. The van der Waals surface area contributed by atoms with Gasteiger partial charge in [0.25, 0.3) is 0 Å². The molecule has 0 spiro atoms. The first-order valence-electron chi connectivity index (χ1n) is 13.2. The first-order chi connectivity index (χ1) is 15.9. The van der Waals surface area contributed by atoms with Crippen molar-refractivity contribution in [1.82, 2.24) is 0 Å². The molecule has 0 saturated heterocycles. The van der Waals surface area contributed by atoms with E-state index in [2.05, 4.69) is 19.6 Å². The quantitative estimate of drug-likeness (QED) is 0.177. The molecule has 0 heterocycles. The molecule has 33 heavy (non-hydrogen) atoms. The van der Waals surface area contributed by atoms with Gasteiger partial charge in [0.15, 0.2) is 0 Å². The molecule has 0 radical (unpaired) electrons. The zero-order valence-electron chi connectivity index (χ0n) is 20.4. The van der Waals surface area contributed by atoms with Crippen LogP contribution < -0.4 is 0 Å². The van der Waals surface area contributed by atoms with Crippen LogP contribution in [0.25, 0.3) is 0 Å². The Morgan fingerprint density at radius 3 is 2.67 bits per heavy atom. The molecular weight excluding hydrogens is 412 g/mol.